The van der Waals surface area contributed by atoms with Crippen LogP contribution in [-0.4, -0.2) is 0 Å². The Kier molecular flexibility index (Phi) is 2.92. The van der Waals surface area contributed by atoms with Crippen LogP contribution in [0.3, 0.4) is 0 Å². The van der Waals surface area contributed by atoms with E-state index >= 15 is 0 Å². The van der Waals surface area contributed by atoms with Crippen LogP contribution in [0.1, 0.15) is 11.1 Å². The zero-order valence-electron chi connectivity index (χ0n) is 13.3. The SMILES string of the molecule is c1ccc2c(c1)Cc1ccc(Nc3ccc4ccccc4c3)cc1-2. The number of benzene rings is 4. The number of fused-ring (bicyclic) bond motifs is 4. The largest absolute Gasteiger partial charge is 0.355 e. The number of nitrogens with one attached hydrogen (secondary N) is 1. The molecule has 24 heavy (non-hydrogen) atoms. The number of hydrogen-bond donors (Lipinski definition) is 1. The molecule has 0 aromatic heterocycles. The lowest BCUT2D eigenvalue weighted by molar-refractivity contribution is 1.26. The highest BCUT2D eigenvalue weighted by Gasteiger charge is 2.17. The molecule has 1 aliphatic carbocycles. The van der Waals surface area contributed by atoms with Crippen molar-refractivity contribution in [1.82, 2.24) is 0 Å². The highest BCUT2D eigenvalue weighted by molar-refractivity contribution is 5.87. The third-order valence-electron chi connectivity index (χ3n) is 4.84. The summed E-state index contributed by atoms with van der Waals surface area (Å²) in [4.78, 5) is 0. The summed E-state index contributed by atoms with van der Waals surface area (Å²) in [5, 5.41) is 6.08. The number of anilines is 2. The first kappa shape index (κ1) is 13.4. The fourth-order valence-corrected chi connectivity index (χ4v) is 3.64. The molecule has 0 heterocycles. The predicted octanol–water partition coefficient (Wildman–Crippen LogP) is 6.15. The van der Waals surface area contributed by atoms with Gasteiger partial charge in [-0.3, -0.25) is 0 Å². The molecular weight excluding hydrogens is 290 g/mol. The van der Waals surface area contributed by atoms with E-state index in [9.17, 15) is 0 Å². The molecule has 0 fully saturated rings. The summed E-state index contributed by atoms with van der Waals surface area (Å²) in [5.41, 5.74) is 7.84. The number of hydrogen-bond acceptors (Lipinski definition) is 1. The Morgan fingerprint density at radius 3 is 2.21 bits per heavy atom. The molecule has 0 amide bonds. The van der Waals surface area contributed by atoms with E-state index in [4.69, 9.17) is 0 Å². The molecule has 0 bridgehead atoms. The highest BCUT2D eigenvalue weighted by Crippen LogP contribution is 2.38. The molecule has 114 valence electrons. The lowest BCUT2D eigenvalue weighted by Gasteiger charge is -2.10. The summed E-state index contributed by atoms with van der Waals surface area (Å²) >= 11 is 0. The second kappa shape index (κ2) is 5.24. The average Bonchev–Trinajstić information content (AvgIpc) is 3.00. The first-order valence-electron chi connectivity index (χ1n) is 8.34. The Bertz CT molecular complexity index is 1060. The monoisotopic (exact) mass is 307 g/mol. The summed E-state index contributed by atoms with van der Waals surface area (Å²) in [6.07, 6.45) is 1.04. The quantitative estimate of drug-likeness (QED) is 0.412. The summed E-state index contributed by atoms with van der Waals surface area (Å²) in [7, 11) is 0. The minimum atomic E-state index is 1.04. The van der Waals surface area contributed by atoms with Gasteiger partial charge in [0.05, 0.1) is 0 Å². The first-order chi connectivity index (χ1) is 11.9. The van der Waals surface area contributed by atoms with Crippen LogP contribution in [0, 0.1) is 0 Å². The summed E-state index contributed by atoms with van der Waals surface area (Å²) in [6, 6.07) is 30.4. The van der Waals surface area contributed by atoms with Gasteiger partial charge in [-0.2, -0.15) is 0 Å². The lowest BCUT2D eigenvalue weighted by atomic mass is 10.0. The minimum absolute atomic E-state index is 1.04. The molecular formula is C23H17N. The fourth-order valence-electron chi connectivity index (χ4n) is 3.64. The van der Waals surface area contributed by atoms with Crippen LogP contribution >= 0.6 is 0 Å². The van der Waals surface area contributed by atoms with Gasteiger partial charge in [0.2, 0.25) is 0 Å². The Morgan fingerprint density at radius 2 is 1.25 bits per heavy atom. The molecule has 1 N–H and O–H groups in total. The molecule has 1 nitrogen and oxygen atoms in total. The van der Waals surface area contributed by atoms with Gasteiger partial charge in [-0.15, -0.1) is 0 Å². The zero-order chi connectivity index (χ0) is 15.9. The first-order valence-corrected chi connectivity index (χ1v) is 8.34. The summed E-state index contributed by atoms with van der Waals surface area (Å²) in [6.45, 7) is 0. The van der Waals surface area contributed by atoms with Gasteiger partial charge in [0, 0.05) is 11.4 Å². The molecule has 4 aromatic rings. The molecule has 0 saturated heterocycles. The van der Waals surface area contributed by atoms with Crippen LogP contribution < -0.4 is 5.32 Å². The van der Waals surface area contributed by atoms with E-state index in [0.717, 1.165) is 17.8 Å². The summed E-state index contributed by atoms with van der Waals surface area (Å²) < 4.78 is 0. The second-order valence-corrected chi connectivity index (χ2v) is 6.39. The molecule has 0 saturated carbocycles. The molecule has 1 aliphatic rings. The highest BCUT2D eigenvalue weighted by atomic mass is 14.9. The maximum atomic E-state index is 3.56. The van der Waals surface area contributed by atoms with E-state index in [0.29, 0.717) is 0 Å². The van der Waals surface area contributed by atoms with Crippen LogP contribution in [-0.2, 0) is 6.42 Å². The number of rotatable bonds is 2. The van der Waals surface area contributed by atoms with E-state index in [1.165, 1.54) is 33.0 Å². The van der Waals surface area contributed by atoms with Crippen molar-refractivity contribution in [1.29, 1.82) is 0 Å². The lowest BCUT2D eigenvalue weighted by Crippen LogP contribution is -1.91. The molecule has 0 radical (unpaired) electrons. The average molecular weight is 307 g/mol. The van der Waals surface area contributed by atoms with Crippen molar-refractivity contribution in [2.24, 2.45) is 0 Å². The van der Waals surface area contributed by atoms with Crippen LogP contribution in [0.25, 0.3) is 21.9 Å². The molecule has 1 heteroatoms. The van der Waals surface area contributed by atoms with Gasteiger partial charge in [-0.25, -0.2) is 0 Å². The van der Waals surface area contributed by atoms with Gasteiger partial charge >= 0.3 is 0 Å². The zero-order valence-corrected chi connectivity index (χ0v) is 13.3. The second-order valence-electron chi connectivity index (χ2n) is 6.39. The van der Waals surface area contributed by atoms with Crippen molar-refractivity contribution in [2.45, 2.75) is 6.42 Å². The van der Waals surface area contributed by atoms with E-state index in [1.54, 1.807) is 0 Å². The van der Waals surface area contributed by atoms with Crippen LogP contribution in [0.4, 0.5) is 11.4 Å². The maximum absolute atomic E-state index is 3.56. The normalized spacial score (nSPS) is 12.0. The topological polar surface area (TPSA) is 12.0 Å². The van der Waals surface area contributed by atoms with E-state index in [2.05, 4.69) is 90.2 Å². The maximum Gasteiger partial charge on any atom is 0.0390 e. The van der Waals surface area contributed by atoms with Gasteiger partial charge < -0.3 is 5.32 Å². The molecule has 5 rings (SSSR count). The smallest absolute Gasteiger partial charge is 0.0390 e. The van der Waals surface area contributed by atoms with Crippen molar-refractivity contribution >= 4 is 22.1 Å². The third-order valence-corrected chi connectivity index (χ3v) is 4.84. The standard InChI is InChI=1S/C23H17N/c1-2-6-17-14-20(11-9-16(17)5-1)24-21-12-10-19-13-18-7-3-4-8-22(18)23(19)15-21/h1-12,14-15,24H,13H2. The van der Waals surface area contributed by atoms with Gasteiger partial charge in [0.1, 0.15) is 0 Å². The minimum Gasteiger partial charge on any atom is -0.355 e. The third kappa shape index (κ3) is 2.17. The van der Waals surface area contributed by atoms with Crippen molar-refractivity contribution in [3.8, 4) is 11.1 Å². The van der Waals surface area contributed by atoms with Crippen molar-refractivity contribution in [3.05, 3.63) is 96.1 Å². The van der Waals surface area contributed by atoms with Crippen molar-refractivity contribution in [3.63, 3.8) is 0 Å². The fraction of sp³-hybridized carbons (Fsp3) is 0.0435. The van der Waals surface area contributed by atoms with Gasteiger partial charge in [-0.1, -0.05) is 60.7 Å². The Morgan fingerprint density at radius 1 is 0.542 bits per heavy atom. The Balaban J connectivity index is 1.52. The summed E-state index contributed by atoms with van der Waals surface area (Å²) in [5.74, 6) is 0. The van der Waals surface area contributed by atoms with Crippen LogP contribution in [0.15, 0.2) is 84.9 Å². The Hall–Kier alpha value is -3.06. The molecule has 0 atom stereocenters. The van der Waals surface area contributed by atoms with E-state index in [1.807, 2.05) is 0 Å². The van der Waals surface area contributed by atoms with Crippen molar-refractivity contribution < 1.29 is 0 Å². The van der Waals surface area contributed by atoms with Gasteiger partial charge in [0.15, 0.2) is 0 Å². The molecule has 4 aromatic carbocycles. The molecule has 0 unspecified atom stereocenters. The van der Waals surface area contributed by atoms with Crippen LogP contribution in [0.5, 0.6) is 0 Å². The molecule has 0 aliphatic heterocycles. The van der Waals surface area contributed by atoms with Gasteiger partial charge in [-0.05, 0) is 63.7 Å². The van der Waals surface area contributed by atoms with E-state index < -0.39 is 0 Å². The predicted molar refractivity (Wildman–Crippen MR) is 102 cm³/mol. The van der Waals surface area contributed by atoms with Crippen molar-refractivity contribution in [2.75, 3.05) is 5.32 Å². The van der Waals surface area contributed by atoms with Crippen LogP contribution in [0.2, 0.25) is 0 Å². The Labute approximate surface area is 141 Å². The van der Waals surface area contributed by atoms with E-state index in [-0.39, 0.29) is 0 Å². The van der Waals surface area contributed by atoms with Gasteiger partial charge in [0.25, 0.3) is 0 Å². The molecule has 0 spiro atoms.